The molecule has 2 N–H and O–H groups in total. The van der Waals surface area contributed by atoms with Gasteiger partial charge in [-0.25, -0.2) is 0 Å². The Bertz CT molecular complexity index is 1010. The van der Waals surface area contributed by atoms with Crippen molar-refractivity contribution in [3.05, 3.63) is 64.4 Å². The van der Waals surface area contributed by atoms with E-state index < -0.39 is 17.9 Å². The number of halogens is 1. The normalized spacial score (nSPS) is 11.9. The highest BCUT2D eigenvalue weighted by Gasteiger charge is 2.18. The number of furan rings is 1. The van der Waals surface area contributed by atoms with Crippen LogP contribution in [0.1, 0.15) is 28.6 Å². The Balaban J connectivity index is 1.60. The highest BCUT2D eigenvalue weighted by molar-refractivity contribution is 6.31. The number of fused-ring (bicyclic) bond motifs is 1. The monoisotopic (exact) mass is 386 g/mol. The Morgan fingerprint density at radius 3 is 2.67 bits per heavy atom. The van der Waals surface area contributed by atoms with Crippen LogP contribution in [0.3, 0.4) is 0 Å². The van der Waals surface area contributed by atoms with Gasteiger partial charge in [0.25, 0.3) is 5.91 Å². The van der Waals surface area contributed by atoms with Gasteiger partial charge in [-0.3, -0.25) is 20.4 Å². The van der Waals surface area contributed by atoms with E-state index in [0.29, 0.717) is 21.7 Å². The Labute approximate surface area is 161 Å². The fraction of sp³-hybridized carbons (Fsp3) is 0.200. The molecule has 1 aromatic heterocycles. The number of ether oxygens (including phenoxy) is 1. The van der Waals surface area contributed by atoms with Crippen molar-refractivity contribution in [1.82, 2.24) is 10.9 Å². The van der Waals surface area contributed by atoms with Gasteiger partial charge in [0.2, 0.25) is 0 Å². The molecule has 27 heavy (non-hydrogen) atoms. The van der Waals surface area contributed by atoms with Crippen LogP contribution in [-0.4, -0.2) is 17.9 Å². The van der Waals surface area contributed by atoms with Crippen LogP contribution in [0.5, 0.6) is 5.75 Å². The van der Waals surface area contributed by atoms with Crippen LogP contribution in [0.4, 0.5) is 0 Å². The van der Waals surface area contributed by atoms with Gasteiger partial charge in [0.1, 0.15) is 11.3 Å². The molecule has 2 aromatic carbocycles. The summed E-state index contributed by atoms with van der Waals surface area (Å²) in [7, 11) is 0. The Morgan fingerprint density at radius 1 is 1.11 bits per heavy atom. The van der Waals surface area contributed by atoms with Crippen molar-refractivity contribution in [3.8, 4) is 5.75 Å². The lowest BCUT2D eigenvalue weighted by Crippen LogP contribution is -2.47. The average molecular weight is 387 g/mol. The van der Waals surface area contributed by atoms with Crippen molar-refractivity contribution in [2.24, 2.45) is 0 Å². The number of carbonyl (C=O) groups is 2. The number of rotatable bonds is 4. The standard InChI is InChI=1S/C20H19ClN2O4/c1-11-5-4-6-16(12(11)2)26-13(3)19(24)22-23-20(25)18-10-14-9-15(21)7-8-17(14)27-18/h4-10,13H,1-3H3,(H,22,24)(H,23,25). The molecule has 1 heterocycles. The van der Waals surface area contributed by atoms with Gasteiger partial charge in [-0.1, -0.05) is 23.7 Å². The predicted octanol–water partition coefficient (Wildman–Crippen LogP) is 3.93. The Hall–Kier alpha value is -2.99. The number of amides is 2. The second kappa shape index (κ2) is 7.72. The van der Waals surface area contributed by atoms with E-state index >= 15 is 0 Å². The lowest BCUT2D eigenvalue weighted by Gasteiger charge is -2.17. The van der Waals surface area contributed by atoms with E-state index in [0.717, 1.165) is 11.1 Å². The van der Waals surface area contributed by atoms with Crippen molar-refractivity contribution in [2.45, 2.75) is 26.9 Å². The summed E-state index contributed by atoms with van der Waals surface area (Å²) in [6.45, 7) is 5.49. The van der Waals surface area contributed by atoms with Crippen molar-refractivity contribution >= 4 is 34.4 Å². The number of benzene rings is 2. The van der Waals surface area contributed by atoms with Gasteiger partial charge in [-0.05, 0) is 62.2 Å². The average Bonchev–Trinajstić information content (AvgIpc) is 3.06. The number of aryl methyl sites for hydroxylation is 1. The molecule has 0 spiro atoms. The van der Waals surface area contributed by atoms with Gasteiger partial charge in [0.05, 0.1) is 0 Å². The maximum Gasteiger partial charge on any atom is 0.305 e. The molecular formula is C20H19ClN2O4. The van der Waals surface area contributed by atoms with Gasteiger partial charge >= 0.3 is 5.91 Å². The van der Waals surface area contributed by atoms with Crippen molar-refractivity contribution in [2.75, 3.05) is 0 Å². The number of hydrogen-bond donors (Lipinski definition) is 2. The van der Waals surface area contributed by atoms with Crippen LogP contribution in [-0.2, 0) is 4.79 Å². The second-order valence-electron chi connectivity index (χ2n) is 6.19. The van der Waals surface area contributed by atoms with Gasteiger partial charge in [-0.15, -0.1) is 0 Å². The highest BCUT2D eigenvalue weighted by atomic mass is 35.5. The quantitative estimate of drug-likeness (QED) is 0.666. The summed E-state index contributed by atoms with van der Waals surface area (Å²) in [6, 6.07) is 12.2. The minimum Gasteiger partial charge on any atom is -0.481 e. The largest absolute Gasteiger partial charge is 0.481 e. The predicted molar refractivity (Wildman–Crippen MR) is 103 cm³/mol. The molecular weight excluding hydrogens is 368 g/mol. The first kappa shape index (κ1) is 18.8. The van der Waals surface area contributed by atoms with E-state index in [1.54, 1.807) is 37.3 Å². The number of hydrazine groups is 1. The molecule has 0 saturated heterocycles. The van der Waals surface area contributed by atoms with Crippen LogP contribution in [0.15, 0.2) is 46.9 Å². The molecule has 3 rings (SSSR count). The summed E-state index contributed by atoms with van der Waals surface area (Å²) in [4.78, 5) is 24.4. The van der Waals surface area contributed by atoms with Gasteiger partial charge in [-0.2, -0.15) is 0 Å². The van der Waals surface area contributed by atoms with Crippen LogP contribution in [0.2, 0.25) is 5.02 Å². The third-order valence-corrected chi connectivity index (χ3v) is 4.46. The smallest absolute Gasteiger partial charge is 0.305 e. The van der Waals surface area contributed by atoms with Crippen LogP contribution < -0.4 is 15.6 Å². The zero-order chi connectivity index (χ0) is 19.6. The zero-order valence-corrected chi connectivity index (χ0v) is 15.9. The summed E-state index contributed by atoms with van der Waals surface area (Å²) in [5.74, 6) is -0.369. The lowest BCUT2D eigenvalue weighted by atomic mass is 10.1. The molecule has 6 nitrogen and oxygen atoms in total. The first-order valence-corrected chi connectivity index (χ1v) is 8.75. The fourth-order valence-electron chi connectivity index (χ4n) is 2.50. The minimum absolute atomic E-state index is 0.0654. The minimum atomic E-state index is -0.791. The number of hydrogen-bond acceptors (Lipinski definition) is 4. The molecule has 0 saturated carbocycles. The van der Waals surface area contributed by atoms with Gasteiger partial charge in [0.15, 0.2) is 11.9 Å². The summed E-state index contributed by atoms with van der Waals surface area (Å²) >= 11 is 5.92. The SMILES string of the molecule is Cc1cccc(OC(C)C(=O)NNC(=O)c2cc3cc(Cl)ccc3o2)c1C. The van der Waals surface area contributed by atoms with E-state index in [2.05, 4.69) is 10.9 Å². The molecule has 7 heteroatoms. The van der Waals surface area contributed by atoms with Crippen LogP contribution >= 0.6 is 11.6 Å². The third-order valence-electron chi connectivity index (χ3n) is 4.23. The summed E-state index contributed by atoms with van der Waals surface area (Å²) in [5.41, 5.74) is 7.22. The van der Waals surface area contributed by atoms with Crippen LogP contribution in [0, 0.1) is 13.8 Å². The molecule has 3 aromatic rings. The van der Waals surface area contributed by atoms with E-state index in [9.17, 15) is 9.59 Å². The van der Waals surface area contributed by atoms with E-state index in [1.807, 2.05) is 26.0 Å². The molecule has 1 atom stereocenters. The van der Waals surface area contributed by atoms with Gasteiger partial charge < -0.3 is 9.15 Å². The molecule has 0 aliphatic carbocycles. The molecule has 0 bridgehead atoms. The lowest BCUT2D eigenvalue weighted by molar-refractivity contribution is -0.128. The van der Waals surface area contributed by atoms with E-state index in [1.165, 1.54) is 0 Å². The second-order valence-corrected chi connectivity index (χ2v) is 6.63. The topological polar surface area (TPSA) is 80.6 Å². The van der Waals surface area contributed by atoms with Crippen molar-refractivity contribution < 1.29 is 18.7 Å². The molecule has 2 amide bonds. The third kappa shape index (κ3) is 4.23. The maximum atomic E-state index is 12.2. The first-order chi connectivity index (χ1) is 12.8. The number of carbonyl (C=O) groups excluding carboxylic acids is 2. The molecule has 1 unspecified atom stereocenters. The maximum absolute atomic E-state index is 12.2. The summed E-state index contributed by atoms with van der Waals surface area (Å²) in [5, 5.41) is 1.24. The fourth-order valence-corrected chi connectivity index (χ4v) is 2.68. The van der Waals surface area contributed by atoms with E-state index in [4.69, 9.17) is 20.8 Å². The summed E-state index contributed by atoms with van der Waals surface area (Å²) in [6.07, 6.45) is -0.791. The molecule has 140 valence electrons. The molecule has 0 fully saturated rings. The first-order valence-electron chi connectivity index (χ1n) is 8.37. The highest BCUT2D eigenvalue weighted by Crippen LogP contribution is 2.23. The molecule has 0 radical (unpaired) electrons. The zero-order valence-electron chi connectivity index (χ0n) is 15.1. The number of nitrogens with one attached hydrogen (secondary N) is 2. The summed E-state index contributed by atoms with van der Waals surface area (Å²) < 4.78 is 11.1. The van der Waals surface area contributed by atoms with Crippen LogP contribution in [0.25, 0.3) is 11.0 Å². The Morgan fingerprint density at radius 2 is 1.89 bits per heavy atom. The Kier molecular flexibility index (Phi) is 5.37. The van der Waals surface area contributed by atoms with E-state index in [-0.39, 0.29) is 5.76 Å². The van der Waals surface area contributed by atoms with Crippen molar-refractivity contribution in [1.29, 1.82) is 0 Å². The van der Waals surface area contributed by atoms with Gasteiger partial charge in [0, 0.05) is 10.4 Å². The van der Waals surface area contributed by atoms with Crippen molar-refractivity contribution in [3.63, 3.8) is 0 Å². The molecule has 0 aliphatic heterocycles. The molecule has 0 aliphatic rings.